The van der Waals surface area contributed by atoms with E-state index in [1.165, 1.54) is 0 Å². The number of hydrogen-bond donors (Lipinski definition) is 2. The molecule has 1 amide bonds. The molecule has 4 nitrogen and oxygen atoms in total. The van der Waals surface area contributed by atoms with Gasteiger partial charge in [-0.25, -0.2) is 0 Å². The second kappa shape index (κ2) is 7.79. The molecule has 0 saturated carbocycles. The van der Waals surface area contributed by atoms with Crippen molar-refractivity contribution in [1.82, 2.24) is 0 Å². The maximum Gasteiger partial charge on any atom is 0.224 e. The topological polar surface area (TPSA) is 64.3 Å². The molecule has 0 fully saturated rings. The van der Waals surface area contributed by atoms with Gasteiger partial charge < -0.3 is 15.8 Å². The van der Waals surface area contributed by atoms with Gasteiger partial charge in [-0.1, -0.05) is 13.0 Å². The highest BCUT2D eigenvalue weighted by Crippen LogP contribution is 2.25. The average Bonchev–Trinajstić information content (AvgIpc) is 2.37. The van der Waals surface area contributed by atoms with Crippen molar-refractivity contribution in [3.05, 3.63) is 23.8 Å². The molecule has 4 heteroatoms. The summed E-state index contributed by atoms with van der Waals surface area (Å²) in [5.74, 6) is 1.19. The first-order valence-corrected chi connectivity index (χ1v) is 6.71. The third-order valence-corrected chi connectivity index (χ3v) is 3.15. The van der Waals surface area contributed by atoms with Gasteiger partial charge in [0.2, 0.25) is 5.91 Å². The van der Waals surface area contributed by atoms with E-state index in [0.29, 0.717) is 24.6 Å². The number of anilines is 1. The molecule has 0 heterocycles. The summed E-state index contributed by atoms with van der Waals surface area (Å²) < 4.78 is 5.23. The molecule has 1 unspecified atom stereocenters. The van der Waals surface area contributed by atoms with Crippen molar-refractivity contribution in [2.24, 2.45) is 11.7 Å². The van der Waals surface area contributed by atoms with E-state index in [1.54, 1.807) is 7.11 Å². The molecule has 0 aliphatic heterocycles. The Morgan fingerprint density at radius 1 is 1.42 bits per heavy atom. The molecule has 1 rings (SSSR count). The van der Waals surface area contributed by atoms with Crippen molar-refractivity contribution in [1.29, 1.82) is 0 Å². The Balaban J connectivity index is 2.54. The van der Waals surface area contributed by atoms with Crippen molar-refractivity contribution >= 4 is 11.6 Å². The average molecular weight is 264 g/mol. The molecule has 1 aromatic carbocycles. The van der Waals surface area contributed by atoms with Gasteiger partial charge in [-0.15, -0.1) is 0 Å². The number of nitrogens with one attached hydrogen (secondary N) is 1. The molecule has 1 aromatic rings. The zero-order valence-electron chi connectivity index (χ0n) is 12.0. The van der Waals surface area contributed by atoms with Crippen molar-refractivity contribution in [2.45, 2.75) is 33.1 Å². The molecular weight excluding hydrogens is 240 g/mol. The number of nitrogens with two attached hydrogens (primary N) is 1. The minimum absolute atomic E-state index is 0.0211. The second-order valence-electron chi connectivity index (χ2n) is 4.97. The summed E-state index contributed by atoms with van der Waals surface area (Å²) in [6, 6.07) is 5.74. The Kier molecular flexibility index (Phi) is 6.36. The number of methoxy groups -OCH3 is 1. The molecule has 3 N–H and O–H groups in total. The Hall–Kier alpha value is -1.55. The molecule has 0 aliphatic carbocycles. The molecule has 106 valence electrons. The van der Waals surface area contributed by atoms with Gasteiger partial charge in [0, 0.05) is 6.42 Å². The Bertz CT molecular complexity index is 419. The monoisotopic (exact) mass is 264 g/mol. The van der Waals surface area contributed by atoms with Crippen LogP contribution in [0.1, 0.15) is 31.7 Å². The lowest BCUT2D eigenvalue weighted by molar-refractivity contribution is -0.116. The van der Waals surface area contributed by atoms with Crippen molar-refractivity contribution in [3.8, 4) is 5.75 Å². The van der Waals surface area contributed by atoms with Crippen LogP contribution in [0.15, 0.2) is 18.2 Å². The van der Waals surface area contributed by atoms with Crippen LogP contribution in [0.5, 0.6) is 5.75 Å². The zero-order valence-corrected chi connectivity index (χ0v) is 12.0. The summed E-state index contributed by atoms with van der Waals surface area (Å²) in [7, 11) is 1.60. The first-order valence-electron chi connectivity index (χ1n) is 6.71. The Morgan fingerprint density at radius 2 is 2.16 bits per heavy atom. The highest BCUT2D eigenvalue weighted by atomic mass is 16.5. The molecule has 0 aromatic heterocycles. The summed E-state index contributed by atoms with van der Waals surface area (Å²) in [4.78, 5) is 11.9. The lowest BCUT2D eigenvalue weighted by atomic mass is 10.0. The van der Waals surface area contributed by atoms with Crippen LogP contribution < -0.4 is 15.8 Å². The zero-order chi connectivity index (χ0) is 14.3. The molecular formula is C15H24N2O2. The molecule has 1 atom stereocenters. The lowest BCUT2D eigenvalue weighted by Gasteiger charge is -2.12. The second-order valence-corrected chi connectivity index (χ2v) is 4.97. The number of ether oxygens (including phenoxy) is 1. The largest absolute Gasteiger partial charge is 0.495 e. The van der Waals surface area contributed by atoms with Crippen LogP contribution in [0.3, 0.4) is 0 Å². The summed E-state index contributed by atoms with van der Waals surface area (Å²) in [5, 5.41) is 2.90. The molecule has 19 heavy (non-hydrogen) atoms. The molecule has 0 radical (unpaired) electrons. The van der Waals surface area contributed by atoms with Gasteiger partial charge in [0.15, 0.2) is 0 Å². The highest BCUT2D eigenvalue weighted by Gasteiger charge is 2.09. The Morgan fingerprint density at radius 3 is 2.79 bits per heavy atom. The standard InChI is InChI=1S/C15H24N2O2/c1-11(8-9-16)5-7-15(18)17-13-10-12(2)4-6-14(13)19-3/h4,6,10-11H,5,7-9,16H2,1-3H3,(H,17,18). The van der Waals surface area contributed by atoms with Crippen LogP contribution in [0, 0.1) is 12.8 Å². The Labute approximate surface area is 115 Å². The van der Waals surface area contributed by atoms with Gasteiger partial charge >= 0.3 is 0 Å². The molecule has 0 spiro atoms. The van der Waals surface area contributed by atoms with E-state index in [9.17, 15) is 4.79 Å². The summed E-state index contributed by atoms with van der Waals surface area (Å²) in [6.07, 6.45) is 2.33. The fourth-order valence-electron chi connectivity index (χ4n) is 1.94. The van der Waals surface area contributed by atoms with Crippen LogP contribution in [-0.2, 0) is 4.79 Å². The van der Waals surface area contributed by atoms with E-state index in [0.717, 1.165) is 24.1 Å². The summed E-state index contributed by atoms with van der Waals surface area (Å²) in [5.41, 5.74) is 7.32. The minimum atomic E-state index is 0.0211. The van der Waals surface area contributed by atoms with E-state index >= 15 is 0 Å². The van der Waals surface area contributed by atoms with E-state index < -0.39 is 0 Å². The van der Waals surface area contributed by atoms with Crippen LogP contribution in [0.4, 0.5) is 5.69 Å². The SMILES string of the molecule is COc1ccc(C)cc1NC(=O)CCC(C)CCN. The van der Waals surface area contributed by atoms with E-state index in [-0.39, 0.29) is 5.91 Å². The quantitative estimate of drug-likeness (QED) is 0.796. The van der Waals surface area contributed by atoms with Gasteiger partial charge in [-0.2, -0.15) is 0 Å². The maximum atomic E-state index is 11.9. The molecule has 0 bridgehead atoms. The summed E-state index contributed by atoms with van der Waals surface area (Å²) >= 11 is 0. The number of carbonyl (C=O) groups excluding carboxylic acids is 1. The van der Waals surface area contributed by atoms with Crippen LogP contribution >= 0.6 is 0 Å². The lowest BCUT2D eigenvalue weighted by Crippen LogP contribution is -2.14. The predicted molar refractivity (Wildman–Crippen MR) is 78.4 cm³/mol. The fraction of sp³-hybridized carbons (Fsp3) is 0.533. The van der Waals surface area contributed by atoms with E-state index in [2.05, 4.69) is 12.2 Å². The van der Waals surface area contributed by atoms with Crippen LogP contribution in [0.2, 0.25) is 0 Å². The number of amides is 1. The molecule has 0 saturated heterocycles. The first kappa shape index (κ1) is 15.5. The number of carbonyl (C=O) groups is 1. The highest BCUT2D eigenvalue weighted by molar-refractivity contribution is 5.92. The smallest absolute Gasteiger partial charge is 0.224 e. The minimum Gasteiger partial charge on any atom is -0.495 e. The maximum absolute atomic E-state index is 11.9. The third-order valence-electron chi connectivity index (χ3n) is 3.15. The predicted octanol–water partition coefficient (Wildman–Crippen LogP) is 2.71. The van der Waals surface area contributed by atoms with Gasteiger partial charge in [0.1, 0.15) is 5.75 Å². The van der Waals surface area contributed by atoms with Gasteiger partial charge in [-0.05, 0) is 49.9 Å². The van der Waals surface area contributed by atoms with Crippen LogP contribution in [0.25, 0.3) is 0 Å². The van der Waals surface area contributed by atoms with E-state index in [4.69, 9.17) is 10.5 Å². The van der Waals surface area contributed by atoms with Crippen molar-refractivity contribution in [2.75, 3.05) is 19.0 Å². The fourth-order valence-corrected chi connectivity index (χ4v) is 1.94. The number of rotatable bonds is 7. The first-order chi connectivity index (χ1) is 9.06. The summed E-state index contributed by atoms with van der Waals surface area (Å²) in [6.45, 7) is 4.78. The van der Waals surface area contributed by atoms with Crippen molar-refractivity contribution in [3.63, 3.8) is 0 Å². The van der Waals surface area contributed by atoms with E-state index in [1.807, 2.05) is 25.1 Å². The van der Waals surface area contributed by atoms with Crippen LogP contribution in [-0.4, -0.2) is 19.6 Å². The van der Waals surface area contributed by atoms with Gasteiger partial charge in [0.05, 0.1) is 12.8 Å². The number of benzene rings is 1. The van der Waals surface area contributed by atoms with Gasteiger partial charge in [0.25, 0.3) is 0 Å². The van der Waals surface area contributed by atoms with Gasteiger partial charge in [-0.3, -0.25) is 4.79 Å². The normalized spacial score (nSPS) is 12.0. The number of aryl methyl sites for hydroxylation is 1. The molecule has 0 aliphatic rings. The number of hydrogen-bond acceptors (Lipinski definition) is 3. The third kappa shape index (κ3) is 5.30. The van der Waals surface area contributed by atoms with Crippen molar-refractivity contribution < 1.29 is 9.53 Å².